The van der Waals surface area contributed by atoms with Gasteiger partial charge in [-0.3, -0.25) is 4.79 Å². The maximum absolute atomic E-state index is 11.6. The molecule has 4 unspecified atom stereocenters. The smallest absolute Gasteiger partial charge is 0.323 e. The van der Waals surface area contributed by atoms with Crippen LogP contribution >= 0.6 is 0 Å². The zero-order valence-electron chi connectivity index (χ0n) is 10.3. The Morgan fingerprint density at radius 2 is 2.25 bits per heavy atom. The van der Waals surface area contributed by atoms with Crippen LogP contribution in [-0.4, -0.2) is 25.2 Å². The van der Waals surface area contributed by atoms with Crippen molar-refractivity contribution in [3.8, 4) is 0 Å². The summed E-state index contributed by atoms with van der Waals surface area (Å²) in [6, 6.07) is 0.306. The second-order valence-electron chi connectivity index (χ2n) is 5.25. The number of nitrogens with one attached hydrogen (secondary N) is 1. The van der Waals surface area contributed by atoms with E-state index in [1.54, 1.807) is 0 Å². The second kappa shape index (κ2) is 4.58. The van der Waals surface area contributed by atoms with Gasteiger partial charge < -0.3 is 10.1 Å². The molecule has 2 aliphatic rings. The molecular weight excluding hydrogens is 202 g/mol. The van der Waals surface area contributed by atoms with Crippen LogP contribution in [0.25, 0.3) is 0 Å². The maximum Gasteiger partial charge on any atom is 0.323 e. The number of hydrogen-bond acceptors (Lipinski definition) is 3. The fraction of sp³-hybridized carbons (Fsp3) is 0.769. The number of carbonyl (C=O) groups is 1. The first-order valence-corrected chi connectivity index (χ1v) is 6.14. The van der Waals surface area contributed by atoms with E-state index in [0.29, 0.717) is 12.0 Å². The van der Waals surface area contributed by atoms with Crippen molar-refractivity contribution in [1.29, 1.82) is 0 Å². The average molecular weight is 223 g/mol. The summed E-state index contributed by atoms with van der Waals surface area (Å²) in [6.45, 7) is 4.10. The fourth-order valence-electron chi connectivity index (χ4n) is 2.80. The van der Waals surface area contributed by atoms with Crippen LogP contribution in [0.4, 0.5) is 0 Å². The van der Waals surface area contributed by atoms with Gasteiger partial charge in [0.1, 0.15) is 6.04 Å². The first-order valence-electron chi connectivity index (χ1n) is 6.14. The highest BCUT2D eigenvalue weighted by Crippen LogP contribution is 2.43. The molecule has 0 aromatic carbocycles. The van der Waals surface area contributed by atoms with Crippen LogP contribution in [0.2, 0.25) is 0 Å². The van der Waals surface area contributed by atoms with Gasteiger partial charge in [0.2, 0.25) is 0 Å². The van der Waals surface area contributed by atoms with Crippen LogP contribution in [0, 0.1) is 17.8 Å². The second-order valence-corrected chi connectivity index (χ2v) is 5.25. The molecule has 0 spiro atoms. The lowest BCUT2D eigenvalue weighted by molar-refractivity contribution is -0.145. The molecular formula is C13H21NO2. The van der Waals surface area contributed by atoms with Crippen molar-refractivity contribution in [2.45, 2.75) is 38.8 Å². The molecule has 1 N–H and O–H groups in total. The number of hydrogen-bond donors (Lipinski definition) is 1. The SMILES string of the molecule is COC(=O)C(NC1CC2CC=CC21)C(C)C. The van der Waals surface area contributed by atoms with Crippen LogP contribution < -0.4 is 5.32 Å². The van der Waals surface area contributed by atoms with Gasteiger partial charge in [0.05, 0.1) is 7.11 Å². The zero-order chi connectivity index (χ0) is 11.7. The van der Waals surface area contributed by atoms with E-state index in [9.17, 15) is 4.79 Å². The van der Waals surface area contributed by atoms with E-state index in [2.05, 4.69) is 31.3 Å². The first-order chi connectivity index (χ1) is 7.63. The predicted molar refractivity (Wildman–Crippen MR) is 62.9 cm³/mol. The Bertz CT molecular complexity index is 298. The van der Waals surface area contributed by atoms with Crippen molar-refractivity contribution in [2.75, 3.05) is 7.11 Å². The van der Waals surface area contributed by atoms with Gasteiger partial charge in [-0.25, -0.2) is 0 Å². The van der Waals surface area contributed by atoms with E-state index in [1.165, 1.54) is 20.0 Å². The van der Waals surface area contributed by atoms with Gasteiger partial charge in [0.25, 0.3) is 0 Å². The minimum atomic E-state index is -0.162. The number of esters is 1. The van der Waals surface area contributed by atoms with E-state index in [1.807, 2.05) is 0 Å². The molecule has 0 saturated heterocycles. The van der Waals surface area contributed by atoms with Gasteiger partial charge >= 0.3 is 5.97 Å². The van der Waals surface area contributed by atoms with Crippen molar-refractivity contribution < 1.29 is 9.53 Å². The van der Waals surface area contributed by atoms with Crippen LogP contribution in [0.1, 0.15) is 26.7 Å². The van der Waals surface area contributed by atoms with Gasteiger partial charge in [0.15, 0.2) is 0 Å². The Morgan fingerprint density at radius 3 is 2.81 bits per heavy atom. The lowest BCUT2D eigenvalue weighted by Gasteiger charge is -2.42. The maximum atomic E-state index is 11.6. The quantitative estimate of drug-likeness (QED) is 0.583. The number of rotatable bonds is 4. The van der Waals surface area contributed by atoms with E-state index < -0.39 is 0 Å². The molecule has 0 amide bonds. The molecule has 0 aromatic heterocycles. The molecule has 1 fully saturated rings. The lowest BCUT2D eigenvalue weighted by atomic mass is 9.71. The van der Waals surface area contributed by atoms with Gasteiger partial charge in [-0.2, -0.15) is 0 Å². The highest BCUT2D eigenvalue weighted by Gasteiger charge is 2.42. The molecule has 0 aromatic rings. The summed E-state index contributed by atoms with van der Waals surface area (Å²) in [5, 5.41) is 3.45. The first kappa shape index (κ1) is 11.6. The van der Waals surface area contributed by atoms with Crippen molar-refractivity contribution in [2.24, 2.45) is 17.8 Å². The topological polar surface area (TPSA) is 38.3 Å². The Kier molecular flexibility index (Phi) is 3.33. The van der Waals surface area contributed by atoms with Crippen molar-refractivity contribution in [1.82, 2.24) is 5.32 Å². The highest BCUT2D eigenvalue weighted by molar-refractivity contribution is 5.76. The van der Waals surface area contributed by atoms with E-state index in [4.69, 9.17) is 4.74 Å². The average Bonchev–Trinajstić information content (AvgIpc) is 2.59. The summed E-state index contributed by atoms with van der Waals surface area (Å²) in [5.74, 6) is 1.60. The Balaban J connectivity index is 1.91. The normalized spacial score (nSPS) is 33.4. The third-order valence-corrected chi connectivity index (χ3v) is 3.88. The highest BCUT2D eigenvalue weighted by atomic mass is 16.5. The van der Waals surface area contributed by atoms with Crippen molar-refractivity contribution >= 4 is 5.97 Å². The molecule has 4 atom stereocenters. The van der Waals surface area contributed by atoms with Crippen molar-refractivity contribution in [3.05, 3.63) is 12.2 Å². The number of allylic oxidation sites excluding steroid dienone is 1. The van der Waals surface area contributed by atoms with E-state index >= 15 is 0 Å². The third-order valence-electron chi connectivity index (χ3n) is 3.88. The predicted octanol–water partition coefficient (Wildman–Crippen LogP) is 1.74. The molecule has 0 aliphatic heterocycles. The van der Waals surface area contributed by atoms with Gasteiger partial charge in [-0.15, -0.1) is 0 Å². The summed E-state index contributed by atoms with van der Waals surface area (Å²) in [5.41, 5.74) is 0. The third kappa shape index (κ3) is 2.01. The monoisotopic (exact) mass is 223 g/mol. The van der Waals surface area contributed by atoms with Crippen LogP contribution in [0.15, 0.2) is 12.2 Å². The summed E-state index contributed by atoms with van der Waals surface area (Å²) >= 11 is 0. The molecule has 0 bridgehead atoms. The Morgan fingerprint density at radius 1 is 1.50 bits per heavy atom. The summed E-state index contributed by atoms with van der Waals surface area (Å²) in [4.78, 5) is 11.6. The largest absolute Gasteiger partial charge is 0.468 e. The zero-order valence-corrected chi connectivity index (χ0v) is 10.3. The molecule has 3 nitrogen and oxygen atoms in total. The number of ether oxygens (including phenoxy) is 1. The fourth-order valence-corrected chi connectivity index (χ4v) is 2.80. The van der Waals surface area contributed by atoms with Crippen LogP contribution in [-0.2, 0) is 9.53 Å². The lowest BCUT2D eigenvalue weighted by Crippen LogP contribution is -2.55. The molecule has 16 heavy (non-hydrogen) atoms. The Hall–Kier alpha value is -0.830. The summed E-state index contributed by atoms with van der Waals surface area (Å²) in [6.07, 6.45) is 6.96. The van der Waals surface area contributed by atoms with E-state index in [-0.39, 0.29) is 17.9 Å². The van der Waals surface area contributed by atoms with Crippen molar-refractivity contribution in [3.63, 3.8) is 0 Å². The molecule has 2 aliphatic carbocycles. The number of methoxy groups -OCH3 is 1. The molecule has 1 saturated carbocycles. The minimum Gasteiger partial charge on any atom is -0.468 e. The standard InChI is InChI=1S/C13H21NO2/c1-8(2)12(13(15)16-3)14-11-7-9-5-4-6-10(9)11/h4,6,8-12,14H,5,7H2,1-3H3. The van der Waals surface area contributed by atoms with E-state index in [0.717, 1.165) is 5.92 Å². The molecule has 3 heteroatoms. The molecule has 90 valence electrons. The number of fused-ring (bicyclic) bond motifs is 1. The minimum absolute atomic E-state index is 0.138. The molecule has 0 radical (unpaired) electrons. The van der Waals surface area contributed by atoms with Crippen LogP contribution in [0.5, 0.6) is 0 Å². The molecule has 2 rings (SSSR count). The van der Waals surface area contributed by atoms with Gasteiger partial charge in [-0.1, -0.05) is 26.0 Å². The van der Waals surface area contributed by atoms with Gasteiger partial charge in [-0.05, 0) is 30.6 Å². The Labute approximate surface area is 97.2 Å². The van der Waals surface area contributed by atoms with Gasteiger partial charge in [0, 0.05) is 6.04 Å². The summed E-state index contributed by atoms with van der Waals surface area (Å²) < 4.78 is 4.84. The van der Waals surface area contributed by atoms with Crippen LogP contribution in [0.3, 0.4) is 0 Å². The summed E-state index contributed by atoms with van der Waals surface area (Å²) in [7, 11) is 1.46. The number of carbonyl (C=O) groups excluding carboxylic acids is 1. The molecule has 0 heterocycles.